The van der Waals surface area contributed by atoms with Crippen molar-refractivity contribution in [2.45, 2.75) is 25.3 Å². The van der Waals surface area contributed by atoms with Gasteiger partial charge in [-0.3, -0.25) is 4.90 Å². The molecule has 1 unspecified atom stereocenters. The lowest BCUT2D eigenvalue weighted by Gasteiger charge is -2.47. The maximum absolute atomic E-state index is 6.16. The molecule has 3 rings (SSSR count). The molecule has 17 heavy (non-hydrogen) atoms. The van der Waals surface area contributed by atoms with Crippen LogP contribution in [0, 0.1) is 0 Å². The summed E-state index contributed by atoms with van der Waals surface area (Å²) in [5.74, 6) is 0. The molecular weight excluding hydrogens is 232 g/mol. The van der Waals surface area contributed by atoms with Crippen LogP contribution >= 0.6 is 11.6 Å². The predicted octanol–water partition coefficient (Wildman–Crippen LogP) is 2.58. The molecule has 3 heteroatoms. The molecule has 1 atom stereocenters. The summed E-state index contributed by atoms with van der Waals surface area (Å²) in [6.07, 6.45) is 0. The predicted molar refractivity (Wildman–Crippen MR) is 71.7 cm³/mol. The molecule has 0 bridgehead atoms. The molecule has 0 amide bonds. The smallest absolute Gasteiger partial charge is 0.0477 e. The third kappa shape index (κ3) is 1.88. The first-order valence-electron chi connectivity index (χ1n) is 6.33. The summed E-state index contributed by atoms with van der Waals surface area (Å²) in [5.41, 5.74) is 3.11. The van der Waals surface area contributed by atoms with Crippen molar-refractivity contribution in [1.29, 1.82) is 0 Å². The quantitative estimate of drug-likeness (QED) is 0.762. The van der Waals surface area contributed by atoms with Gasteiger partial charge in [-0.05, 0) is 23.3 Å². The van der Waals surface area contributed by atoms with Gasteiger partial charge in [0.25, 0.3) is 0 Å². The van der Waals surface area contributed by atoms with Gasteiger partial charge < -0.3 is 5.32 Å². The Kier molecular flexibility index (Phi) is 2.69. The van der Waals surface area contributed by atoms with Crippen molar-refractivity contribution >= 4 is 11.6 Å². The van der Waals surface area contributed by atoms with E-state index in [-0.39, 0.29) is 5.41 Å². The Morgan fingerprint density at radius 3 is 3.06 bits per heavy atom. The summed E-state index contributed by atoms with van der Waals surface area (Å²) in [7, 11) is 0. The molecule has 2 nitrogen and oxygen atoms in total. The summed E-state index contributed by atoms with van der Waals surface area (Å²) >= 11 is 6.16. The van der Waals surface area contributed by atoms with Gasteiger partial charge in [-0.2, -0.15) is 0 Å². The van der Waals surface area contributed by atoms with Crippen LogP contribution in [-0.2, 0) is 5.41 Å². The van der Waals surface area contributed by atoms with E-state index in [0.717, 1.165) is 31.2 Å². The second-order valence-electron chi connectivity index (χ2n) is 5.81. The van der Waals surface area contributed by atoms with Gasteiger partial charge in [0.2, 0.25) is 0 Å². The van der Waals surface area contributed by atoms with E-state index in [2.05, 4.69) is 36.2 Å². The van der Waals surface area contributed by atoms with Crippen LogP contribution < -0.4 is 5.32 Å². The molecule has 0 spiro atoms. The van der Waals surface area contributed by atoms with Crippen molar-refractivity contribution in [3.05, 3.63) is 34.3 Å². The minimum atomic E-state index is 0.230. The molecule has 0 aliphatic carbocycles. The third-order valence-electron chi connectivity index (χ3n) is 4.05. The first-order valence-corrected chi connectivity index (χ1v) is 6.70. The second-order valence-corrected chi connectivity index (χ2v) is 6.24. The Hall–Kier alpha value is -0.570. The summed E-state index contributed by atoms with van der Waals surface area (Å²) in [5, 5.41) is 4.34. The van der Waals surface area contributed by atoms with Gasteiger partial charge >= 0.3 is 0 Å². The van der Waals surface area contributed by atoms with Crippen molar-refractivity contribution in [3.63, 3.8) is 0 Å². The van der Waals surface area contributed by atoms with Crippen molar-refractivity contribution < 1.29 is 0 Å². The van der Waals surface area contributed by atoms with Gasteiger partial charge in [0.1, 0.15) is 0 Å². The molecule has 0 saturated carbocycles. The molecule has 0 radical (unpaired) electrons. The van der Waals surface area contributed by atoms with Crippen LogP contribution in [0.2, 0.25) is 5.02 Å². The second kappa shape index (κ2) is 3.98. The average Bonchev–Trinajstić information content (AvgIpc) is 2.28. The van der Waals surface area contributed by atoms with E-state index < -0.39 is 0 Å². The summed E-state index contributed by atoms with van der Waals surface area (Å²) in [4.78, 5) is 2.59. The van der Waals surface area contributed by atoms with Crippen LogP contribution in [0.3, 0.4) is 0 Å². The first-order chi connectivity index (χ1) is 8.08. The molecular formula is C14H19ClN2. The number of benzene rings is 1. The Morgan fingerprint density at radius 1 is 1.41 bits per heavy atom. The highest BCUT2D eigenvalue weighted by Crippen LogP contribution is 2.40. The highest BCUT2D eigenvalue weighted by atomic mass is 35.5. The largest absolute Gasteiger partial charge is 0.314 e. The van der Waals surface area contributed by atoms with Crippen LogP contribution in [0.5, 0.6) is 0 Å². The van der Waals surface area contributed by atoms with E-state index >= 15 is 0 Å². The molecule has 2 aliphatic heterocycles. The highest BCUT2D eigenvalue weighted by Gasteiger charge is 2.38. The Labute approximate surface area is 108 Å². The van der Waals surface area contributed by atoms with Crippen molar-refractivity contribution in [3.8, 4) is 0 Å². The number of nitrogens with one attached hydrogen (secondary N) is 1. The van der Waals surface area contributed by atoms with E-state index in [1.54, 1.807) is 0 Å². The Bertz CT molecular complexity index is 442. The van der Waals surface area contributed by atoms with E-state index in [4.69, 9.17) is 11.6 Å². The Morgan fingerprint density at radius 2 is 2.24 bits per heavy atom. The van der Waals surface area contributed by atoms with E-state index in [0.29, 0.717) is 6.04 Å². The Balaban J connectivity index is 2.11. The minimum absolute atomic E-state index is 0.230. The number of nitrogens with zero attached hydrogens (tertiary/aromatic N) is 1. The molecule has 1 aromatic carbocycles. The highest BCUT2D eigenvalue weighted by molar-refractivity contribution is 6.30. The molecule has 1 saturated heterocycles. The lowest BCUT2D eigenvalue weighted by molar-refractivity contribution is 0.114. The third-order valence-corrected chi connectivity index (χ3v) is 4.29. The fourth-order valence-electron chi connectivity index (χ4n) is 3.26. The minimum Gasteiger partial charge on any atom is -0.314 e. The normalized spacial score (nSPS) is 27.4. The van der Waals surface area contributed by atoms with Gasteiger partial charge in [0.05, 0.1) is 0 Å². The average molecular weight is 251 g/mol. The van der Waals surface area contributed by atoms with Gasteiger partial charge in [-0.15, -0.1) is 0 Å². The zero-order valence-corrected chi connectivity index (χ0v) is 11.2. The lowest BCUT2D eigenvalue weighted by Crippen LogP contribution is -2.53. The molecule has 2 aliphatic rings. The monoisotopic (exact) mass is 250 g/mol. The van der Waals surface area contributed by atoms with E-state index in [1.807, 2.05) is 6.07 Å². The van der Waals surface area contributed by atoms with Crippen LogP contribution in [0.1, 0.15) is 31.0 Å². The number of hydrogen-bond donors (Lipinski definition) is 1. The SMILES string of the molecule is CC1(C)CN2CCNCC2c2cc(Cl)ccc21. The van der Waals surface area contributed by atoms with E-state index in [9.17, 15) is 0 Å². The van der Waals surface area contributed by atoms with Gasteiger partial charge in [-0.1, -0.05) is 31.5 Å². The van der Waals surface area contributed by atoms with Gasteiger partial charge in [-0.25, -0.2) is 0 Å². The summed E-state index contributed by atoms with van der Waals surface area (Å²) < 4.78 is 0. The van der Waals surface area contributed by atoms with Gasteiger partial charge in [0, 0.05) is 42.7 Å². The van der Waals surface area contributed by atoms with Crippen LogP contribution in [-0.4, -0.2) is 31.1 Å². The molecule has 1 fully saturated rings. The number of halogens is 1. The standard InChI is InChI=1S/C14H19ClN2/c1-14(2)9-17-6-5-16-8-13(17)11-7-10(15)3-4-12(11)14/h3-4,7,13,16H,5-6,8-9H2,1-2H3. The number of fused-ring (bicyclic) bond motifs is 3. The zero-order chi connectivity index (χ0) is 12.0. The van der Waals surface area contributed by atoms with Crippen LogP contribution in [0.25, 0.3) is 0 Å². The fourth-order valence-corrected chi connectivity index (χ4v) is 3.44. The number of piperazine rings is 1. The topological polar surface area (TPSA) is 15.3 Å². The van der Waals surface area contributed by atoms with Crippen molar-refractivity contribution in [2.24, 2.45) is 0 Å². The van der Waals surface area contributed by atoms with Crippen LogP contribution in [0.4, 0.5) is 0 Å². The summed E-state index contributed by atoms with van der Waals surface area (Å²) in [6, 6.07) is 6.89. The van der Waals surface area contributed by atoms with Crippen LogP contribution in [0.15, 0.2) is 18.2 Å². The summed E-state index contributed by atoms with van der Waals surface area (Å²) in [6.45, 7) is 9.09. The van der Waals surface area contributed by atoms with E-state index in [1.165, 1.54) is 11.1 Å². The molecule has 1 aromatic rings. The zero-order valence-electron chi connectivity index (χ0n) is 10.5. The maximum Gasteiger partial charge on any atom is 0.0477 e. The molecule has 92 valence electrons. The number of rotatable bonds is 0. The van der Waals surface area contributed by atoms with Crippen molar-refractivity contribution in [1.82, 2.24) is 10.2 Å². The lowest BCUT2D eigenvalue weighted by atomic mass is 9.75. The first kappa shape index (κ1) is 11.5. The molecule has 2 heterocycles. The molecule has 0 aromatic heterocycles. The maximum atomic E-state index is 6.16. The molecule has 1 N–H and O–H groups in total. The van der Waals surface area contributed by atoms with Crippen molar-refractivity contribution in [2.75, 3.05) is 26.2 Å². The fraction of sp³-hybridized carbons (Fsp3) is 0.571. The number of hydrogen-bond acceptors (Lipinski definition) is 2. The van der Waals surface area contributed by atoms with Gasteiger partial charge in [0.15, 0.2) is 0 Å².